The fourth-order valence-electron chi connectivity index (χ4n) is 2.34. The average Bonchev–Trinajstić information content (AvgIpc) is 2.59. The molecule has 0 saturated carbocycles. The van der Waals surface area contributed by atoms with E-state index in [0.29, 0.717) is 17.9 Å². The maximum atomic E-state index is 13.3. The Morgan fingerprint density at radius 1 is 1.19 bits per heavy atom. The molecule has 108 valence electrons. The van der Waals surface area contributed by atoms with Crippen LogP contribution >= 0.6 is 0 Å². The molecule has 21 heavy (non-hydrogen) atoms. The summed E-state index contributed by atoms with van der Waals surface area (Å²) in [4.78, 5) is 12.1. The Hall–Kier alpha value is -2.40. The molecule has 0 saturated heterocycles. The third kappa shape index (κ3) is 2.87. The van der Waals surface area contributed by atoms with Gasteiger partial charge >= 0.3 is 0 Å². The molecule has 2 atom stereocenters. The first-order valence-corrected chi connectivity index (χ1v) is 6.70. The van der Waals surface area contributed by atoms with Crippen molar-refractivity contribution in [1.82, 2.24) is 0 Å². The van der Waals surface area contributed by atoms with Crippen LogP contribution in [-0.2, 0) is 11.2 Å². The zero-order valence-electron chi connectivity index (χ0n) is 11.3. The number of carbonyl (C=O) groups excluding carboxylic acids is 1. The third-order valence-electron chi connectivity index (χ3n) is 3.46. The van der Waals surface area contributed by atoms with Crippen LogP contribution in [0, 0.1) is 5.82 Å². The maximum absolute atomic E-state index is 13.3. The van der Waals surface area contributed by atoms with E-state index in [1.807, 2.05) is 30.3 Å². The molecule has 0 aliphatic carbocycles. The van der Waals surface area contributed by atoms with Gasteiger partial charge in [-0.05, 0) is 17.7 Å². The van der Waals surface area contributed by atoms with Gasteiger partial charge in [-0.2, -0.15) is 0 Å². The van der Waals surface area contributed by atoms with Crippen LogP contribution in [0.3, 0.4) is 0 Å². The average molecular weight is 286 g/mol. The van der Waals surface area contributed by atoms with Crippen molar-refractivity contribution in [3.63, 3.8) is 0 Å². The van der Waals surface area contributed by atoms with Gasteiger partial charge in [0.2, 0.25) is 5.91 Å². The number of hydrogen-bond acceptors (Lipinski definition) is 3. The third-order valence-corrected chi connectivity index (χ3v) is 3.46. The first-order valence-electron chi connectivity index (χ1n) is 6.70. The lowest BCUT2D eigenvalue weighted by Crippen LogP contribution is -2.47. The van der Waals surface area contributed by atoms with Crippen molar-refractivity contribution in [3.05, 3.63) is 59.9 Å². The second kappa shape index (κ2) is 5.54. The highest BCUT2D eigenvalue weighted by Gasteiger charge is 2.31. The molecule has 2 aromatic carbocycles. The topological polar surface area (TPSA) is 64.4 Å². The van der Waals surface area contributed by atoms with Gasteiger partial charge in [-0.3, -0.25) is 4.79 Å². The number of nitrogens with two attached hydrogens (primary N) is 1. The Kier molecular flexibility index (Phi) is 3.58. The molecule has 0 radical (unpaired) electrons. The number of ether oxygens (including phenoxy) is 1. The van der Waals surface area contributed by atoms with Gasteiger partial charge < -0.3 is 15.8 Å². The predicted molar refractivity (Wildman–Crippen MR) is 77.6 cm³/mol. The van der Waals surface area contributed by atoms with Crippen molar-refractivity contribution >= 4 is 11.6 Å². The summed E-state index contributed by atoms with van der Waals surface area (Å²) in [5, 5.41) is 2.60. The van der Waals surface area contributed by atoms with E-state index < -0.39 is 18.0 Å². The first-order chi connectivity index (χ1) is 10.1. The number of benzene rings is 2. The van der Waals surface area contributed by atoms with Crippen molar-refractivity contribution in [3.8, 4) is 5.75 Å². The van der Waals surface area contributed by atoms with Crippen molar-refractivity contribution < 1.29 is 13.9 Å². The molecule has 1 aliphatic heterocycles. The standard InChI is InChI=1S/C16H15FN2O2/c17-11-6-7-13-12(9-11)19-16(20)15(18)14(21-13)8-10-4-2-1-3-5-10/h1-7,9,14-15H,8,18H2,(H,19,20). The molecule has 4 nitrogen and oxygen atoms in total. The van der Waals surface area contributed by atoms with Crippen LogP contribution in [0.2, 0.25) is 0 Å². The van der Waals surface area contributed by atoms with Gasteiger partial charge in [0, 0.05) is 12.5 Å². The minimum Gasteiger partial charge on any atom is -0.486 e. The minimum absolute atomic E-state index is 0.311. The van der Waals surface area contributed by atoms with E-state index in [1.165, 1.54) is 18.2 Å². The molecule has 2 aromatic rings. The minimum atomic E-state index is -0.819. The van der Waals surface area contributed by atoms with Gasteiger partial charge in [-0.25, -0.2) is 4.39 Å². The molecular formula is C16H15FN2O2. The molecule has 3 rings (SSSR count). The smallest absolute Gasteiger partial charge is 0.245 e. The number of anilines is 1. The van der Waals surface area contributed by atoms with Gasteiger partial charge in [0.1, 0.15) is 23.7 Å². The largest absolute Gasteiger partial charge is 0.486 e. The number of fused-ring (bicyclic) bond motifs is 1. The van der Waals surface area contributed by atoms with Crippen molar-refractivity contribution in [1.29, 1.82) is 0 Å². The van der Waals surface area contributed by atoms with Crippen molar-refractivity contribution in [2.45, 2.75) is 18.6 Å². The van der Waals surface area contributed by atoms with Gasteiger partial charge in [0.15, 0.2) is 0 Å². The van der Waals surface area contributed by atoms with E-state index >= 15 is 0 Å². The van der Waals surface area contributed by atoms with Crippen molar-refractivity contribution in [2.75, 3.05) is 5.32 Å². The number of amides is 1. The number of halogens is 1. The molecular weight excluding hydrogens is 271 g/mol. The molecule has 2 unspecified atom stereocenters. The molecule has 0 bridgehead atoms. The maximum Gasteiger partial charge on any atom is 0.245 e. The van der Waals surface area contributed by atoms with Gasteiger partial charge in [-0.1, -0.05) is 30.3 Å². The van der Waals surface area contributed by atoms with E-state index in [2.05, 4.69) is 5.32 Å². The molecule has 1 amide bonds. The number of nitrogens with one attached hydrogen (secondary N) is 1. The van der Waals surface area contributed by atoms with Gasteiger partial charge in [0.25, 0.3) is 0 Å². The van der Waals surface area contributed by atoms with Crippen LogP contribution in [0.5, 0.6) is 5.75 Å². The number of hydrogen-bond donors (Lipinski definition) is 2. The zero-order valence-corrected chi connectivity index (χ0v) is 11.3. The Morgan fingerprint density at radius 3 is 2.71 bits per heavy atom. The zero-order chi connectivity index (χ0) is 14.8. The van der Waals surface area contributed by atoms with E-state index in [1.54, 1.807) is 0 Å². The fourth-order valence-corrected chi connectivity index (χ4v) is 2.34. The van der Waals surface area contributed by atoms with Crippen LogP contribution in [-0.4, -0.2) is 18.1 Å². The summed E-state index contributed by atoms with van der Waals surface area (Å²) < 4.78 is 19.1. The van der Waals surface area contributed by atoms with Crippen LogP contribution in [0.1, 0.15) is 5.56 Å². The van der Waals surface area contributed by atoms with Crippen LogP contribution in [0.15, 0.2) is 48.5 Å². The van der Waals surface area contributed by atoms with Crippen LogP contribution < -0.4 is 15.8 Å². The Balaban J connectivity index is 1.90. The van der Waals surface area contributed by atoms with E-state index in [4.69, 9.17) is 10.5 Å². The predicted octanol–water partition coefficient (Wildman–Crippen LogP) is 2.10. The first kappa shape index (κ1) is 13.6. The summed E-state index contributed by atoms with van der Waals surface area (Å²) in [6, 6.07) is 12.9. The molecule has 3 N–H and O–H groups in total. The fraction of sp³-hybridized carbons (Fsp3) is 0.188. The molecule has 0 fully saturated rings. The summed E-state index contributed by atoms with van der Waals surface area (Å²) in [5.74, 6) is -0.383. The Bertz CT molecular complexity index is 661. The molecule has 5 heteroatoms. The number of rotatable bonds is 2. The second-order valence-electron chi connectivity index (χ2n) is 5.00. The summed E-state index contributed by atoms with van der Waals surface area (Å²) >= 11 is 0. The summed E-state index contributed by atoms with van der Waals surface area (Å²) in [6.45, 7) is 0. The van der Waals surface area contributed by atoms with E-state index in [0.717, 1.165) is 5.56 Å². The van der Waals surface area contributed by atoms with Gasteiger partial charge in [0.05, 0.1) is 5.69 Å². The SMILES string of the molecule is NC1C(=O)Nc2cc(F)ccc2OC1Cc1ccccc1. The van der Waals surface area contributed by atoms with Crippen LogP contribution in [0.4, 0.5) is 10.1 Å². The van der Waals surface area contributed by atoms with Crippen LogP contribution in [0.25, 0.3) is 0 Å². The quantitative estimate of drug-likeness (QED) is 0.888. The van der Waals surface area contributed by atoms with E-state index in [-0.39, 0.29) is 5.91 Å². The summed E-state index contributed by atoms with van der Waals surface area (Å²) in [7, 11) is 0. The Morgan fingerprint density at radius 2 is 1.95 bits per heavy atom. The highest BCUT2D eigenvalue weighted by atomic mass is 19.1. The molecule has 1 heterocycles. The molecule has 1 aliphatic rings. The monoisotopic (exact) mass is 286 g/mol. The molecule has 0 spiro atoms. The lowest BCUT2D eigenvalue weighted by molar-refractivity contribution is -0.118. The summed E-state index contributed by atoms with van der Waals surface area (Å²) in [6.07, 6.45) is 0.00537. The highest BCUT2D eigenvalue weighted by molar-refractivity contribution is 5.97. The second-order valence-corrected chi connectivity index (χ2v) is 5.00. The number of carbonyl (C=O) groups is 1. The highest BCUT2D eigenvalue weighted by Crippen LogP contribution is 2.30. The van der Waals surface area contributed by atoms with E-state index in [9.17, 15) is 9.18 Å². The Labute approximate surface area is 121 Å². The lowest BCUT2D eigenvalue weighted by atomic mass is 10.0. The molecule has 0 aromatic heterocycles. The lowest BCUT2D eigenvalue weighted by Gasteiger charge is -2.21. The van der Waals surface area contributed by atoms with Gasteiger partial charge in [-0.15, -0.1) is 0 Å². The summed E-state index contributed by atoms with van der Waals surface area (Å²) in [5.41, 5.74) is 7.29. The van der Waals surface area contributed by atoms with Crippen molar-refractivity contribution in [2.24, 2.45) is 5.73 Å². The normalized spacial score (nSPS) is 21.0.